The smallest absolute Gasteiger partial charge is 0.329 e. The van der Waals surface area contributed by atoms with Crippen molar-refractivity contribution in [3.8, 4) is 5.75 Å². The third kappa shape index (κ3) is 8.16. The maximum atomic E-state index is 9.84. The molecule has 0 atom stereocenters. The van der Waals surface area contributed by atoms with Crippen molar-refractivity contribution in [1.29, 1.82) is 0 Å². The van der Waals surface area contributed by atoms with E-state index in [4.69, 9.17) is 4.74 Å². The van der Waals surface area contributed by atoms with Crippen molar-refractivity contribution in [3.63, 3.8) is 0 Å². The first-order valence-electron chi connectivity index (χ1n) is 5.64. The molecule has 0 aromatic heterocycles. The van der Waals surface area contributed by atoms with Gasteiger partial charge in [-0.25, -0.2) is 4.79 Å². The number of ether oxygens (including phenoxy) is 2. The first-order valence-corrected chi connectivity index (χ1v) is 5.64. The van der Waals surface area contributed by atoms with E-state index in [0.717, 1.165) is 18.2 Å². The largest absolute Gasteiger partial charge is 0.493 e. The molecular weight excluding hydrogens is 228 g/mol. The summed E-state index contributed by atoms with van der Waals surface area (Å²) in [6.45, 7) is 9.56. The van der Waals surface area contributed by atoms with Gasteiger partial charge in [0.1, 0.15) is 5.75 Å². The third-order valence-corrected chi connectivity index (χ3v) is 1.98. The quantitative estimate of drug-likeness (QED) is 0.347. The second-order valence-corrected chi connectivity index (χ2v) is 3.47. The molecule has 0 aliphatic carbocycles. The summed E-state index contributed by atoms with van der Waals surface area (Å²) >= 11 is 0. The van der Waals surface area contributed by atoms with Crippen LogP contribution in [0.1, 0.15) is 12.0 Å². The van der Waals surface area contributed by atoms with Crippen molar-refractivity contribution >= 4 is 5.97 Å². The monoisotopic (exact) mass is 248 g/mol. The number of rotatable bonds is 5. The van der Waals surface area contributed by atoms with Gasteiger partial charge < -0.3 is 9.47 Å². The second-order valence-electron chi connectivity index (χ2n) is 3.47. The summed E-state index contributed by atoms with van der Waals surface area (Å²) in [5, 5.41) is 0. The molecule has 0 saturated carbocycles. The van der Waals surface area contributed by atoms with Crippen LogP contribution in [-0.4, -0.2) is 19.7 Å². The average Bonchev–Trinajstić information content (AvgIpc) is 2.41. The number of hydrogen-bond acceptors (Lipinski definition) is 3. The Hall–Kier alpha value is -2.03. The summed E-state index contributed by atoms with van der Waals surface area (Å²) in [4.78, 5) is 9.84. The molecule has 3 nitrogen and oxygen atoms in total. The first kappa shape index (κ1) is 16.0. The Morgan fingerprint density at radius 3 is 2.28 bits per heavy atom. The lowest BCUT2D eigenvalue weighted by Gasteiger charge is -2.03. The van der Waals surface area contributed by atoms with Crippen LogP contribution < -0.4 is 4.74 Å². The van der Waals surface area contributed by atoms with E-state index in [1.54, 1.807) is 0 Å². The summed E-state index contributed by atoms with van der Waals surface area (Å²) in [7, 11) is 1.31. The fourth-order valence-corrected chi connectivity index (χ4v) is 0.978. The third-order valence-electron chi connectivity index (χ3n) is 1.98. The van der Waals surface area contributed by atoms with E-state index in [9.17, 15) is 4.79 Å². The number of esters is 1. The summed E-state index contributed by atoms with van der Waals surface area (Å²) in [5.74, 6) is 0.539. The molecule has 0 spiro atoms. The predicted molar refractivity (Wildman–Crippen MR) is 73.7 cm³/mol. The molecule has 1 aromatic rings. The minimum Gasteiger partial charge on any atom is -0.493 e. The van der Waals surface area contributed by atoms with Crippen molar-refractivity contribution in [1.82, 2.24) is 0 Å². The van der Waals surface area contributed by atoms with Crippen LogP contribution in [0.5, 0.6) is 5.75 Å². The lowest BCUT2D eigenvalue weighted by atomic mass is 10.2. The molecule has 0 radical (unpaired) electrons. The van der Waals surface area contributed by atoms with Gasteiger partial charge in [-0.05, 0) is 25.5 Å². The lowest BCUT2D eigenvalue weighted by Crippen LogP contribution is -1.94. The van der Waals surface area contributed by atoms with Crippen LogP contribution in [-0.2, 0) is 9.53 Å². The zero-order valence-corrected chi connectivity index (χ0v) is 11.0. The van der Waals surface area contributed by atoms with Crippen LogP contribution in [0.15, 0.2) is 49.6 Å². The van der Waals surface area contributed by atoms with Gasteiger partial charge in [0.25, 0.3) is 0 Å². The van der Waals surface area contributed by atoms with E-state index in [-0.39, 0.29) is 0 Å². The molecule has 0 aliphatic rings. The highest BCUT2D eigenvalue weighted by atomic mass is 16.5. The number of hydrogen-bond donors (Lipinski definition) is 0. The molecule has 0 N–H and O–H groups in total. The molecule has 1 aromatic carbocycles. The highest BCUT2D eigenvalue weighted by Crippen LogP contribution is 2.11. The van der Waals surface area contributed by atoms with Gasteiger partial charge in [0, 0.05) is 6.08 Å². The molecule has 0 fully saturated rings. The Balaban J connectivity index is 0.000000411. The summed E-state index contributed by atoms with van der Waals surface area (Å²) in [6.07, 6.45) is 3.86. The fraction of sp³-hybridized carbons (Fsp3) is 0.267. The SMILES string of the molecule is C=CC(=O)OC.C=CCCOc1ccc(C)cc1. The number of aryl methyl sites for hydroxylation is 1. The van der Waals surface area contributed by atoms with E-state index in [0.29, 0.717) is 6.61 Å². The molecule has 0 aliphatic heterocycles. The van der Waals surface area contributed by atoms with Gasteiger partial charge in [0.05, 0.1) is 13.7 Å². The zero-order chi connectivity index (χ0) is 13.8. The average molecular weight is 248 g/mol. The van der Waals surface area contributed by atoms with Gasteiger partial charge in [-0.2, -0.15) is 0 Å². The van der Waals surface area contributed by atoms with Gasteiger partial charge in [-0.15, -0.1) is 6.58 Å². The van der Waals surface area contributed by atoms with E-state index >= 15 is 0 Å². The lowest BCUT2D eigenvalue weighted by molar-refractivity contribution is -0.134. The summed E-state index contributed by atoms with van der Waals surface area (Å²) in [5.41, 5.74) is 1.26. The van der Waals surface area contributed by atoms with Crippen molar-refractivity contribution in [2.24, 2.45) is 0 Å². The van der Waals surface area contributed by atoms with E-state index < -0.39 is 5.97 Å². The van der Waals surface area contributed by atoms with E-state index in [1.165, 1.54) is 12.7 Å². The Morgan fingerprint density at radius 1 is 1.28 bits per heavy atom. The normalized spacial score (nSPS) is 8.56. The van der Waals surface area contributed by atoms with Crippen molar-refractivity contribution in [2.75, 3.05) is 13.7 Å². The summed E-state index contributed by atoms with van der Waals surface area (Å²) < 4.78 is 9.57. The number of carbonyl (C=O) groups excluding carboxylic acids is 1. The predicted octanol–water partition coefficient (Wildman–Crippen LogP) is 3.30. The molecule has 0 saturated heterocycles. The Morgan fingerprint density at radius 2 is 1.89 bits per heavy atom. The number of carbonyl (C=O) groups is 1. The van der Waals surface area contributed by atoms with Crippen LogP contribution in [0.3, 0.4) is 0 Å². The molecule has 18 heavy (non-hydrogen) atoms. The standard InChI is InChI=1S/C11H14O.C4H6O2/c1-3-4-9-12-11-7-5-10(2)6-8-11;1-3-4(5)6-2/h3,5-8H,1,4,9H2,2H3;3H,1H2,2H3. The molecule has 1 rings (SSSR count). The van der Waals surface area contributed by atoms with Crippen molar-refractivity contribution < 1.29 is 14.3 Å². The van der Waals surface area contributed by atoms with E-state index in [2.05, 4.69) is 24.8 Å². The maximum absolute atomic E-state index is 9.84. The fourth-order valence-electron chi connectivity index (χ4n) is 0.978. The van der Waals surface area contributed by atoms with Crippen LogP contribution >= 0.6 is 0 Å². The topological polar surface area (TPSA) is 35.5 Å². The zero-order valence-electron chi connectivity index (χ0n) is 11.0. The van der Waals surface area contributed by atoms with Gasteiger partial charge in [-0.3, -0.25) is 0 Å². The van der Waals surface area contributed by atoms with Gasteiger partial charge in [0.2, 0.25) is 0 Å². The number of methoxy groups -OCH3 is 1. The molecule has 0 bridgehead atoms. The highest BCUT2D eigenvalue weighted by Gasteiger charge is 1.90. The molecule has 0 heterocycles. The highest BCUT2D eigenvalue weighted by molar-refractivity contribution is 5.80. The van der Waals surface area contributed by atoms with E-state index in [1.807, 2.05) is 30.3 Å². The molecular formula is C15H20O3. The molecule has 0 unspecified atom stereocenters. The van der Waals surface area contributed by atoms with Crippen molar-refractivity contribution in [2.45, 2.75) is 13.3 Å². The van der Waals surface area contributed by atoms with Crippen LogP contribution in [0.2, 0.25) is 0 Å². The van der Waals surface area contributed by atoms with Crippen LogP contribution in [0, 0.1) is 6.92 Å². The molecule has 0 amide bonds. The minimum absolute atomic E-state index is 0.394. The molecule has 3 heteroatoms. The number of benzene rings is 1. The van der Waals surface area contributed by atoms with Gasteiger partial charge in [-0.1, -0.05) is 30.4 Å². The summed E-state index contributed by atoms with van der Waals surface area (Å²) in [6, 6.07) is 8.06. The molecule has 98 valence electrons. The van der Waals surface area contributed by atoms with Crippen LogP contribution in [0.25, 0.3) is 0 Å². The minimum atomic E-state index is -0.394. The van der Waals surface area contributed by atoms with Crippen LogP contribution in [0.4, 0.5) is 0 Å². The Bertz CT molecular complexity index is 366. The van der Waals surface area contributed by atoms with Gasteiger partial charge >= 0.3 is 5.97 Å². The Kier molecular flexibility index (Phi) is 9.00. The Labute approximate surface area is 109 Å². The second kappa shape index (κ2) is 10.1. The first-order chi connectivity index (χ1) is 8.63. The van der Waals surface area contributed by atoms with Crippen molar-refractivity contribution in [3.05, 3.63) is 55.1 Å². The van der Waals surface area contributed by atoms with Gasteiger partial charge in [0.15, 0.2) is 0 Å². The maximum Gasteiger partial charge on any atom is 0.329 e.